The molecule has 0 aliphatic carbocycles. The van der Waals surface area contributed by atoms with Crippen LogP contribution in [0.3, 0.4) is 0 Å². The van der Waals surface area contributed by atoms with Crippen molar-refractivity contribution in [2.45, 2.75) is 12.5 Å². The highest BCUT2D eigenvalue weighted by Gasteiger charge is 2.21. The number of halogens is 1. The molecule has 0 bridgehead atoms. The van der Waals surface area contributed by atoms with Crippen molar-refractivity contribution in [1.82, 2.24) is 20.3 Å². The SMILES string of the molecule is O=C(Cc1ccccc1Br)c1cn(C2CNC2)nn1. The second-order valence-corrected chi connectivity index (χ2v) is 5.44. The Labute approximate surface area is 119 Å². The molecular weight excluding hydrogens is 308 g/mol. The van der Waals surface area contributed by atoms with E-state index in [-0.39, 0.29) is 5.78 Å². The van der Waals surface area contributed by atoms with Crippen molar-refractivity contribution in [3.05, 3.63) is 46.2 Å². The first-order valence-corrected chi connectivity index (χ1v) is 6.92. The second-order valence-electron chi connectivity index (χ2n) is 4.59. The predicted octanol–water partition coefficient (Wildman–Crippen LogP) is 1.61. The molecule has 19 heavy (non-hydrogen) atoms. The number of carbonyl (C=O) groups is 1. The Bertz CT molecular complexity index is 606. The standard InChI is InChI=1S/C13H13BrN4O/c14-11-4-2-1-3-9(11)5-13(19)12-8-18(17-16-12)10-6-15-7-10/h1-4,8,10,15H,5-7H2. The average molecular weight is 321 g/mol. The molecule has 0 amide bonds. The van der Waals surface area contributed by atoms with Crippen molar-refractivity contribution in [2.24, 2.45) is 0 Å². The first kappa shape index (κ1) is 12.5. The molecule has 5 nitrogen and oxygen atoms in total. The highest BCUT2D eigenvalue weighted by atomic mass is 79.9. The van der Waals surface area contributed by atoms with Crippen molar-refractivity contribution < 1.29 is 4.79 Å². The Hall–Kier alpha value is -1.53. The van der Waals surface area contributed by atoms with E-state index in [1.807, 2.05) is 24.3 Å². The minimum Gasteiger partial charge on any atom is -0.312 e. The van der Waals surface area contributed by atoms with Crippen molar-refractivity contribution in [3.63, 3.8) is 0 Å². The van der Waals surface area contributed by atoms with E-state index in [0.717, 1.165) is 23.1 Å². The molecule has 2 aromatic rings. The number of carbonyl (C=O) groups excluding carboxylic acids is 1. The highest BCUT2D eigenvalue weighted by molar-refractivity contribution is 9.10. The summed E-state index contributed by atoms with van der Waals surface area (Å²) in [5.41, 5.74) is 1.40. The van der Waals surface area contributed by atoms with Gasteiger partial charge in [0, 0.05) is 24.0 Å². The molecule has 1 N–H and O–H groups in total. The third-order valence-electron chi connectivity index (χ3n) is 3.24. The molecule has 1 fully saturated rings. The Morgan fingerprint density at radius 1 is 1.42 bits per heavy atom. The van der Waals surface area contributed by atoms with E-state index in [0.29, 0.717) is 18.2 Å². The minimum atomic E-state index is -0.00886. The first-order chi connectivity index (χ1) is 9.24. The van der Waals surface area contributed by atoms with Crippen LogP contribution in [0.5, 0.6) is 0 Å². The molecule has 1 aliphatic heterocycles. The molecule has 2 heterocycles. The van der Waals surface area contributed by atoms with E-state index >= 15 is 0 Å². The number of hydrogen-bond donors (Lipinski definition) is 1. The molecule has 3 rings (SSSR count). The van der Waals surface area contributed by atoms with Crippen LogP contribution in [-0.4, -0.2) is 33.9 Å². The molecule has 1 aromatic carbocycles. The fourth-order valence-electron chi connectivity index (χ4n) is 1.95. The lowest BCUT2D eigenvalue weighted by Crippen LogP contribution is -2.43. The Balaban J connectivity index is 1.73. The summed E-state index contributed by atoms with van der Waals surface area (Å²) in [6, 6.07) is 8.04. The third-order valence-corrected chi connectivity index (χ3v) is 4.01. The summed E-state index contributed by atoms with van der Waals surface area (Å²) in [5, 5.41) is 11.1. The van der Waals surface area contributed by atoms with Crippen LogP contribution in [0.25, 0.3) is 0 Å². The van der Waals surface area contributed by atoms with Crippen LogP contribution < -0.4 is 5.32 Å². The molecule has 0 unspecified atom stereocenters. The number of hydrogen-bond acceptors (Lipinski definition) is 4. The van der Waals surface area contributed by atoms with Gasteiger partial charge in [-0.1, -0.05) is 39.3 Å². The smallest absolute Gasteiger partial charge is 0.189 e. The lowest BCUT2D eigenvalue weighted by atomic mass is 10.1. The normalized spacial score (nSPS) is 15.2. The van der Waals surface area contributed by atoms with Gasteiger partial charge in [0.05, 0.1) is 12.2 Å². The predicted molar refractivity (Wildman–Crippen MR) is 74.1 cm³/mol. The van der Waals surface area contributed by atoms with Gasteiger partial charge in [0.2, 0.25) is 0 Å². The van der Waals surface area contributed by atoms with E-state index in [1.165, 1.54) is 0 Å². The maximum atomic E-state index is 12.2. The third kappa shape index (κ3) is 2.59. The molecule has 0 radical (unpaired) electrons. The Morgan fingerprint density at radius 2 is 2.21 bits per heavy atom. The van der Waals surface area contributed by atoms with Gasteiger partial charge >= 0.3 is 0 Å². The van der Waals surface area contributed by atoms with Gasteiger partial charge in [-0.15, -0.1) is 5.10 Å². The van der Waals surface area contributed by atoms with Gasteiger partial charge in [-0.25, -0.2) is 4.68 Å². The number of rotatable bonds is 4. The Morgan fingerprint density at radius 3 is 2.89 bits per heavy atom. The van der Waals surface area contributed by atoms with Crippen LogP contribution >= 0.6 is 15.9 Å². The molecular formula is C13H13BrN4O. The lowest BCUT2D eigenvalue weighted by Gasteiger charge is -2.26. The van der Waals surface area contributed by atoms with Crippen molar-refractivity contribution >= 4 is 21.7 Å². The highest BCUT2D eigenvalue weighted by Crippen LogP contribution is 2.18. The van der Waals surface area contributed by atoms with Crippen molar-refractivity contribution in [3.8, 4) is 0 Å². The topological polar surface area (TPSA) is 59.8 Å². The number of ketones is 1. The zero-order valence-electron chi connectivity index (χ0n) is 10.2. The van der Waals surface area contributed by atoms with Crippen molar-refractivity contribution in [2.75, 3.05) is 13.1 Å². The quantitative estimate of drug-likeness (QED) is 0.869. The summed E-state index contributed by atoms with van der Waals surface area (Å²) in [6.45, 7) is 1.78. The number of benzene rings is 1. The van der Waals surface area contributed by atoms with E-state index in [4.69, 9.17) is 0 Å². The maximum absolute atomic E-state index is 12.2. The van der Waals surface area contributed by atoms with Crippen LogP contribution in [0.1, 0.15) is 22.1 Å². The summed E-state index contributed by atoms with van der Waals surface area (Å²) in [5.74, 6) is -0.00886. The lowest BCUT2D eigenvalue weighted by molar-refractivity contribution is 0.0988. The second kappa shape index (κ2) is 5.22. The summed E-state index contributed by atoms with van der Waals surface area (Å²) in [4.78, 5) is 12.2. The molecule has 0 spiro atoms. The summed E-state index contributed by atoms with van der Waals surface area (Å²) < 4.78 is 2.71. The van der Waals surface area contributed by atoms with Gasteiger partial charge < -0.3 is 5.32 Å². The first-order valence-electron chi connectivity index (χ1n) is 6.13. The van der Waals surface area contributed by atoms with Crippen LogP contribution in [0.4, 0.5) is 0 Å². The van der Waals surface area contributed by atoms with Gasteiger partial charge in [-0.05, 0) is 11.6 Å². The van der Waals surface area contributed by atoms with Crippen LogP contribution in [-0.2, 0) is 6.42 Å². The number of aromatic nitrogens is 3. The molecule has 1 aliphatic rings. The number of nitrogens with one attached hydrogen (secondary N) is 1. The van der Waals surface area contributed by atoms with E-state index in [9.17, 15) is 4.79 Å². The fourth-order valence-corrected chi connectivity index (χ4v) is 2.37. The summed E-state index contributed by atoms with van der Waals surface area (Å²) >= 11 is 3.44. The average Bonchev–Trinajstić information content (AvgIpc) is 2.79. The molecule has 6 heteroatoms. The maximum Gasteiger partial charge on any atom is 0.189 e. The zero-order chi connectivity index (χ0) is 13.2. The summed E-state index contributed by atoms with van der Waals surface area (Å²) in [6.07, 6.45) is 2.08. The van der Waals surface area contributed by atoms with Gasteiger partial charge in [0.25, 0.3) is 0 Å². The fraction of sp³-hybridized carbons (Fsp3) is 0.308. The van der Waals surface area contributed by atoms with E-state index < -0.39 is 0 Å². The van der Waals surface area contributed by atoms with Gasteiger partial charge in [-0.2, -0.15) is 0 Å². The van der Waals surface area contributed by atoms with Crippen LogP contribution in [0.2, 0.25) is 0 Å². The molecule has 0 atom stereocenters. The zero-order valence-corrected chi connectivity index (χ0v) is 11.8. The van der Waals surface area contributed by atoms with E-state index in [1.54, 1.807) is 10.9 Å². The van der Waals surface area contributed by atoms with Gasteiger partial charge in [-0.3, -0.25) is 4.79 Å². The van der Waals surface area contributed by atoms with Crippen LogP contribution in [0.15, 0.2) is 34.9 Å². The Kier molecular flexibility index (Phi) is 3.44. The van der Waals surface area contributed by atoms with Gasteiger partial charge in [0.15, 0.2) is 5.78 Å². The van der Waals surface area contributed by atoms with Crippen molar-refractivity contribution in [1.29, 1.82) is 0 Å². The largest absolute Gasteiger partial charge is 0.312 e. The minimum absolute atomic E-state index is 0.00886. The molecule has 0 saturated carbocycles. The monoisotopic (exact) mass is 320 g/mol. The van der Waals surface area contributed by atoms with Crippen LogP contribution in [0, 0.1) is 0 Å². The summed E-state index contributed by atoms with van der Waals surface area (Å²) in [7, 11) is 0. The number of Topliss-reactive ketones (excluding diaryl/α,β-unsaturated/α-hetero) is 1. The molecule has 1 saturated heterocycles. The molecule has 1 aromatic heterocycles. The van der Waals surface area contributed by atoms with E-state index in [2.05, 4.69) is 31.6 Å². The van der Waals surface area contributed by atoms with Gasteiger partial charge in [0.1, 0.15) is 5.69 Å². The molecule has 98 valence electrons. The number of nitrogens with zero attached hydrogens (tertiary/aromatic N) is 3.